The summed E-state index contributed by atoms with van der Waals surface area (Å²) in [6.07, 6.45) is 4.50. The summed E-state index contributed by atoms with van der Waals surface area (Å²) in [5.74, 6) is 0.971. The number of halogens is 1. The molecule has 3 fully saturated rings. The highest BCUT2D eigenvalue weighted by Gasteiger charge is 2.42. The van der Waals surface area contributed by atoms with E-state index in [0.717, 1.165) is 38.5 Å². The quantitative estimate of drug-likeness (QED) is 0.783. The molecule has 0 unspecified atom stereocenters. The molecule has 0 aliphatic carbocycles. The minimum atomic E-state index is -0.806. The van der Waals surface area contributed by atoms with Gasteiger partial charge in [-0.15, -0.1) is 0 Å². The van der Waals surface area contributed by atoms with Crippen LogP contribution in [0.25, 0.3) is 0 Å². The van der Waals surface area contributed by atoms with Gasteiger partial charge in [0.1, 0.15) is 11.3 Å². The summed E-state index contributed by atoms with van der Waals surface area (Å²) in [5, 5.41) is 9.87. The molecule has 4 rings (SSSR count). The summed E-state index contributed by atoms with van der Waals surface area (Å²) >= 11 is 6.20. The fraction of sp³-hybridized carbons (Fsp3) is 0.722. The van der Waals surface area contributed by atoms with E-state index in [4.69, 9.17) is 21.1 Å². The van der Waals surface area contributed by atoms with Crippen molar-refractivity contribution in [2.24, 2.45) is 0 Å². The predicted octanol–water partition coefficient (Wildman–Crippen LogP) is 2.80. The number of rotatable bonds is 4. The summed E-state index contributed by atoms with van der Waals surface area (Å²) in [5.41, 5.74) is 0. The Kier molecular flexibility index (Phi) is 5.27. The van der Waals surface area contributed by atoms with Crippen LogP contribution in [0.3, 0.4) is 0 Å². The third-order valence-electron chi connectivity index (χ3n) is 5.87. The van der Waals surface area contributed by atoms with Crippen molar-refractivity contribution in [3.05, 3.63) is 11.2 Å². The van der Waals surface area contributed by atoms with Crippen molar-refractivity contribution in [1.82, 2.24) is 14.9 Å². The second-order valence-electron chi connectivity index (χ2n) is 7.60. The second kappa shape index (κ2) is 7.67. The van der Waals surface area contributed by atoms with Crippen LogP contribution in [-0.4, -0.2) is 70.6 Å². The number of carboxylic acid groups (broad SMARTS) is 1. The number of aromatic nitrogens is 2. The lowest BCUT2D eigenvalue weighted by Crippen LogP contribution is -2.58. The summed E-state index contributed by atoms with van der Waals surface area (Å²) in [6, 6.07) is 1.93. The Labute approximate surface area is 163 Å². The maximum atomic E-state index is 11.6. The zero-order valence-corrected chi connectivity index (χ0v) is 16.1. The smallest absolute Gasteiger partial charge is 0.407 e. The Hall–Kier alpha value is -1.80. The van der Waals surface area contributed by atoms with Crippen LogP contribution in [0.5, 0.6) is 5.88 Å². The van der Waals surface area contributed by atoms with Crippen LogP contribution in [-0.2, 0) is 4.74 Å². The highest BCUT2D eigenvalue weighted by molar-refractivity contribution is 6.29. The van der Waals surface area contributed by atoms with E-state index in [2.05, 4.69) is 9.97 Å². The van der Waals surface area contributed by atoms with Gasteiger partial charge in [0.15, 0.2) is 0 Å². The van der Waals surface area contributed by atoms with Crippen molar-refractivity contribution in [2.75, 3.05) is 25.2 Å². The van der Waals surface area contributed by atoms with E-state index in [-0.39, 0.29) is 24.2 Å². The van der Waals surface area contributed by atoms with E-state index in [1.807, 2.05) is 11.9 Å². The van der Waals surface area contributed by atoms with Gasteiger partial charge in [0.2, 0.25) is 11.8 Å². The first kappa shape index (κ1) is 18.6. The molecule has 1 aromatic heterocycles. The molecule has 148 valence electrons. The molecule has 0 aromatic carbocycles. The Balaban J connectivity index is 1.50. The van der Waals surface area contributed by atoms with Crippen LogP contribution in [0, 0.1) is 0 Å². The molecule has 3 saturated heterocycles. The lowest BCUT2D eigenvalue weighted by atomic mass is 9.81. The number of piperidine rings is 2. The lowest BCUT2D eigenvalue weighted by Gasteiger charge is -2.49. The van der Waals surface area contributed by atoms with Crippen molar-refractivity contribution in [3.8, 4) is 5.88 Å². The van der Waals surface area contributed by atoms with Gasteiger partial charge >= 0.3 is 6.09 Å². The molecule has 8 nitrogen and oxygen atoms in total. The van der Waals surface area contributed by atoms with Crippen LogP contribution in [0.15, 0.2) is 6.07 Å². The normalized spacial score (nSPS) is 30.2. The molecule has 0 saturated carbocycles. The molecule has 1 N–H and O–H groups in total. The maximum absolute atomic E-state index is 11.6. The second-order valence-corrected chi connectivity index (χ2v) is 7.98. The van der Waals surface area contributed by atoms with Gasteiger partial charge in [-0.05, 0) is 32.1 Å². The number of nitrogens with zero attached hydrogens (tertiary/aromatic N) is 4. The molecule has 1 amide bonds. The average Bonchev–Trinajstić information content (AvgIpc) is 3.12. The number of hydrogen-bond donors (Lipinski definition) is 1. The number of amides is 1. The van der Waals surface area contributed by atoms with Crippen molar-refractivity contribution in [1.29, 1.82) is 0 Å². The Bertz CT molecular complexity index is 686. The summed E-state index contributed by atoms with van der Waals surface area (Å²) in [7, 11) is 1.95. The molecule has 0 spiro atoms. The van der Waals surface area contributed by atoms with Gasteiger partial charge < -0.3 is 24.4 Å². The average molecular weight is 397 g/mol. The number of fused-ring (bicyclic) bond motifs is 2. The standard InChI is InChI=1S/C18H25ClN4O4/c1-22(13-7-11-3-2-4-12(8-13)23(11)18(24)25)17-20-15(19)9-16(21-17)27-14-5-6-26-10-14/h9,11-14H,2-8,10H2,1H3,(H,24,25)/t11-,12+,13-,14-/m1/s1. The fourth-order valence-corrected chi connectivity index (χ4v) is 4.69. The molecule has 27 heavy (non-hydrogen) atoms. The first-order chi connectivity index (χ1) is 13.0. The fourth-order valence-electron chi connectivity index (χ4n) is 4.52. The molecule has 4 atom stereocenters. The van der Waals surface area contributed by atoms with Crippen LogP contribution in [0.1, 0.15) is 38.5 Å². The van der Waals surface area contributed by atoms with E-state index < -0.39 is 6.09 Å². The lowest BCUT2D eigenvalue weighted by molar-refractivity contribution is 0.0351. The van der Waals surface area contributed by atoms with Crippen molar-refractivity contribution in [2.45, 2.75) is 62.8 Å². The minimum Gasteiger partial charge on any atom is -0.472 e. The summed E-state index contributed by atoms with van der Waals surface area (Å²) in [4.78, 5) is 24.2. The minimum absolute atomic E-state index is 0.00714. The molecule has 3 aliphatic heterocycles. The third kappa shape index (κ3) is 3.91. The van der Waals surface area contributed by atoms with Gasteiger partial charge in [0.05, 0.1) is 13.2 Å². The van der Waals surface area contributed by atoms with Gasteiger partial charge in [0.25, 0.3) is 0 Å². The van der Waals surface area contributed by atoms with Gasteiger partial charge in [0, 0.05) is 37.7 Å². The molecule has 2 bridgehead atoms. The van der Waals surface area contributed by atoms with Crippen LogP contribution >= 0.6 is 11.6 Å². The number of anilines is 1. The van der Waals surface area contributed by atoms with E-state index in [1.54, 1.807) is 11.0 Å². The van der Waals surface area contributed by atoms with Crippen molar-refractivity contribution >= 4 is 23.6 Å². The van der Waals surface area contributed by atoms with E-state index in [9.17, 15) is 9.90 Å². The monoisotopic (exact) mass is 396 g/mol. The highest BCUT2D eigenvalue weighted by Crippen LogP contribution is 2.36. The Morgan fingerprint density at radius 1 is 1.33 bits per heavy atom. The molecule has 3 aliphatic rings. The van der Waals surface area contributed by atoms with E-state index in [0.29, 0.717) is 30.2 Å². The van der Waals surface area contributed by atoms with Crippen molar-refractivity contribution in [3.63, 3.8) is 0 Å². The number of carbonyl (C=O) groups is 1. The topological polar surface area (TPSA) is 88.0 Å². The van der Waals surface area contributed by atoms with Crippen LogP contribution < -0.4 is 9.64 Å². The zero-order chi connectivity index (χ0) is 19.0. The SMILES string of the molecule is CN(c1nc(Cl)cc(O[C@@H]2CCOC2)n1)[C@@H]1C[C@H]2CCC[C@@H](C1)N2C(=O)O. The van der Waals surface area contributed by atoms with Crippen molar-refractivity contribution < 1.29 is 19.4 Å². The number of ether oxygens (including phenoxy) is 2. The molecule has 0 radical (unpaired) electrons. The highest BCUT2D eigenvalue weighted by atomic mass is 35.5. The molecular weight excluding hydrogens is 372 g/mol. The van der Waals surface area contributed by atoms with Gasteiger partial charge in [-0.1, -0.05) is 11.6 Å². The Morgan fingerprint density at radius 3 is 2.70 bits per heavy atom. The van der Waals surface area contributed by atoms with E-state index in [1.165, 1.54) is 0 Å². The van der Waals surface area contributed by atoms with Crippen LogP contribution in [0.2, 0.25) is 5.15 Å². The molecule has 1 aromatic rings. The Morgan fingerprint density at radius 2 is 2.07 bits per heavy atom. The summed E-state index contributed by atoms with van der Waals surface area (Å²) < 4.78 is 11.2. The maximum Gasteiger partial charge on any atom is 0.407 e. The van der Waals surface area contributed by atoms with Gasteiger partial charge in [-0.2, -0.15) is 4.98 Å². The predicted molar refractivity (Wildman–Crippen MR) is 99.6 cm³/mol. The zero-order valence-electron chi connectivity index (χ0n) is 15.4. The first-order valence-corrected chi connectivity index (χ1v) is 9.92. The molecule has 4 heterocycles. The molecule has 9 heteroatoms. The van der Waals surface area contributed by atoms with Gasteiger partial charge in [-0.3, -0.25) is 0 Å². The first-order valence-electron chi connectivity index (χ1n) is 9.54. The largest absolute Gasteiger partial charge is 0.472 e. The third-order valence-corrected chi connectivity index (χ3v) is 6.06. The van der Waals surface area contributed by atoms with Gasteiger partial charge in [-0.25, -0.2) is 9.78 Å². The molecular formula is C18H25ClN4O4. The number of hydrogen-bond acceptors (Lipinski definition) is 6. The van der Waals surface area contributed by atoms with E-state index >= 15 is 0 Å². The summed E-state index contributed by atoms with van der Waals surface area (Å²) in [6.45, 7) is 1.25. The van der Waals surface area contributed by atoms with Crippen LogP contribution in [0.4, 0.5) is 10.7 Å².